The number of halogens is 5. The second kappa shape index (κ2) is 11.3. The lowest BCUT2D eigenvalue weighted by Gasteiger charge is -2.42. The van der Waals surface area contributed by atoms with Crippen molar-refractivity contribution in [2.75, 3.05) is 0 Å². The molecule has 0 fully saturated rings. The first-order chi connectivity index (χ1) is 10.4. The molecule has 0 saturated carbocycles. The van der Waals surface area contributed by atoms with E-state index in [1.807, 2.05) is 6.92 Å². The summed E-state index contributed by atoms with van der Waals surface area (Å²) in [4.78, 5) is 10.7. The van der Waals surface area contributed by atoms with Crippen molar-refractivity contribution in [3.8, 4) is 0 Å². The van der Waals surface area contributed by atoms with Gasteiger partial charge in [-0.05, 0) is 6.42 Å². The second-order valence-electron chi connectivity index (χ2n) is 4.10. The fourth-order valence-corrected chi connectivity index (χ4v) is 5.26. The molecule has 3 nitrogen and oxygen atoms in total. The van der Waals surface area contributed by atoms with Gasteiger partial charge in [-0.3, -0.25) is 5.32 Å². The van der Waals surface area contributed by atoms with Crippen LogP contribution in [0.25, 0.3) is 0 Å². The average molecular weight is 424 g/mol. The highest BCUT2D eigenvalue weighted by Gasteiger charge is 2.64. The minimum atomic E-state index is -2.90. The van der Waals surface area contributed by atoms with E-state index in [9.17, 15) is 24.2 Å². The molecule has 0 aliphatic rings. The molecular weight excluding hydrogens is 409 g/mol. The Hall–Kier alpha value is 0.670. The Balaban J connectivity index is 5.68. The lowest BCUT2D eigenvalue weighted by atomic mass is 10.1. The van der Waals surface area contributed by atoms with Gasteiger partial charge in [-0.25, -0.2) is 4.79 Å². The monoisotopic (exact) mass is 423 g/mol. The van der Waals surface area contributed by atoms with Gasteiger partial charge in [0.05, 0.1) is 66.0 Å². The number of carbonyl (C=O) groups is 1. The highest BCUT2D eigenvalue weighted by atomic mass is 32.3. The third-order valence-corrected chi connectivity index (χ3v) is 8.08. The number of rotatable bonds is 12. The zero-order valence-electron chi connectivity index (χ0n) is 11.2. The van der Waals surface area contributed by atoms with Crippen LogP contribution in [0.1, 0.15) is 32.6 Å². The topological polar surface area (TPSA) is 49.3 Å². The Kier molecular flexibility index (Phi) is 11.6. The van der Waals surface area contributed by atoms with Crippen LogP contribution in [0.3, 0.4) is 0 Å². The van der Waals surface area contributed by atoms with E-state index < -0.39 is 80.4 Å². The predicted molar refractivity (Wildman–Crippen MR) is 88.0 cm³/mol. The number of hydrogen-bond acceptors (Lipinski definition) is 6. The minimum absolute atomic E-state index is 0.0764. The third-order valence-electron chi connectivity index (χ3n) is 2.78. The quantitative estimate of drug-likeness (QED) is 0.207. The number of hydrogen-bond donors (Lipinski definition) is 2. The van der Waals surface area contributed by atoms with Crippen LogP contribution in [0.4, 0.5) is 24.2 Å². The molecule has 0 radical (unpaired) electrons. The highest BCUT2D eigenvalue weighted by molar-refractivity contribution is 8.21. The number of nitrogens with one attached hydrogen (secondary N) is 1. The van der Waals surface area contributed by atoms with Crippen LogP contribution in [0, 0.1) is 0 Å². The molecule has 0 aromatic carbocycles. The summed E-state index contributed by atoms with van der Waals surface area (Å²) >= 11 is -3.92. The maximum absolute atomic E-state index is 13.5. The van der Waals surface area contributed by atoms with Crippen LogP contribution in [-0.4, -0.2) is 24.7 Å². The molecule has 1 amide bonds. The van der Waals surface area contributed by atoms with Crippen LogP contribution < -0.4 is 5.32 Å². The Morgan fingerprint density at radius 3 is 1.95 bits per heavy atom. The normalized spacial score (nSPS) is 13.9. The molecule has 13 heteroatoms. The average Bonchev–Trinajstić information content (AvgIpc) is 2.52. The SMILES string of the molecule is CCCCCC(SF)C(SF)(SF)C(NC(=O)O)(SF)SF. The van der Waals surface area contributed by atoms with Crippen LogP contribution in [0.15, 0.2) is 0 Å². The van der Waals surface area contributed by atoms with Crippen molar-refractivity contribution in [2.45, 2.75) is 46.1 Å². The molecule has 0 heterocycles. The van der Waals surface area contributed by atoms with E-state index in [0.717, 1.165) is 6.42 Å². The number of unbranched alkanes of at least 4 members (excludes halogenated alkanes) is 2. The van der Waals surface area contributed by atoms with Gasteiger partial charge in [-0.1, -0.05) is 26.2 Å². The largest absolute Gasteiger partial charge is 0.465 e. The van der Waals surface area contributed by atoms with Crippen LogP contribution >= 0.6 is 60.7 Å². The Labute approximate surface area is 147 Å². The molecule has 22 heavy (non-hydrogen) atoms. The fourth-order valence-electron chi connectivity index (χ4n) is 1.68. The van der Waals surface area contributed by atoms with Gasteiger partial charge in [-0.15, -0.1) is 0 Å². The minimum Gasteiger partial charge on any atom is -0.465 e. The molecule has 0 rings (SSSR count). The van der Waals surface area contributed by atoms with Crippen molar-refractivity contribution in [1.82, 2.24) is 5.32 Å². The van der Waals surface area contributed by atoms with Crippen LogP contribution in [-0.2, 0) is 0 Å². The summed E-state index contributed by atoms with van der Waals surface area (Å²) in [6.07, 6.45) is -0.216. The van der Waals surface area contributed by atoms with Crippen molar-refractivity contribution >= 4 is 66.8 Å². The molecule has 0 aromatic heterocycles. The molecule has 0 saturated heterocycles. The number of amides is 1. The molecule has 0 aromatic rings. The maximum atomic E-state index is 13.5. The van der Waals surface area contributed by atoms with Gasteiger partial charge >= 0.3 is 6.09 Å². The summed E-state index contributed by atoms with van der Waals surface area (Å²) in [5.41, 5.74) is 0. The molecule has 0 bridgehead atoms. The summed E-state index contributed by atoms with van der Waals surface area (Å²) in [7, 11) is 0. The first kappa shape index (κ1) is 22.7. The summed E-state index contributed by atoms with van der Waals surface area (Å²) in [5, 5.41) is 8.62. The fraction of sp³-hybridized carbons (Fsp3) is 0.889. The van der Waals surface area contributed by atoms with Gasteiger partial charge in [-0.2, -0.15) is 19.4 Å². The van der Waals surface area contributed by atoms with E-state index >= 15 is 0 Å². The summed E-state index contributed by atoms with van der Waals surface area (Å²) in [6.45, 7) is 1.85. The molecule has 0 aliphatic carbocycles. The first-order valence-corrected chi connectivity index (χ1v) is 9.55. The van der Waals surface area contributed by atoms with Gasteiger partial charge < -0.3 is 5.11 Å². The predicted octanol–water partition coefficient (Wildman–Crippen LogP) is 6.64. The van der Waals surface area contributed by atoms with Crippen molar-refractivity contribution in [3.05, 3.63) is 0 Å². The van der Waals surface area contributed by atoms with E-state index in [0.29, 0.717) is 12.8 Å². The molecular formula is C9H14F5NO2S5. The van der Waals surface area contributed by atoms with Crippen molar-refractivity contribution in [2.24, 2.45) is 0 Å². The smallest absolute Gasteiger partial charge is 0.406 e. The van der Waals surface area contributed by atoms with Crippen LogP contribution in [0.2, 0.25) is 0 Å². The Bertz CT molecular complexity index is 336. The first-order valence-electron chi connectivity index (χ1n) is 5.91. The summed E-state index contributed by atoms with van der Waals surface area (Å²) in [5.74, 6) is 0. The molecule has 1 unspecified atom stereocenters. The Morgan fingerprint density at radius 1 is 1.09 bits per heavy atom. The highest BCUT2D eigenvalue weighted by Crippen LogP contribution is 2.62. The third kappa shape index (κ3) is 5.08. The standard InChI is InChI=1S/C9H14F5NO2S5/c1-2-3-4-5-6(18-10)8(19-11,20-12)9(21-13,22-14)15-7(16)17/h6,15H,2-5H2,1H3,(H,16,17). The molecule has 2 N–H and O–H groups in total. The van der Waals surface area contributed by atoms with E-state index in [2.05, 4.69) is 0 Å². The van der Waals surface area contributed by atoms with Gasteiger partial charge in [0.1, 0.15) is 0 Å². The van der Waals surface area contributed by atoms with Crippen LogP contribution in [0.5, 0.6) is 0 Å². The van der Waals surface area contributed by atoms with E-state index in [1.165, 1.54) is 5.32 Å². The summed E-state index contributed by atoms with van der Waals surface area (Å²) in [6, 6.07) is 0. The summed E-state index contributed by atoms with van der Waals surface area (Å²) < 4.78 is 61.1. The van der Waals surface area contributed by atoms with Gasteiger partial charge in [0.25, 0.3) is 0 Å². The van der Waals surface area contributed by atoms with Crippen molar-refractivity contribution < 1.29 is 29.3 Å². The second-order valence-corrected chi connectivity index (χ2v) is 8.49. The molecule has 1 atom stereocenters. The zero-order valence-corrected chi connectivity index (χ0v) is 15.3. The lowest BCUT2D eigenvalue weighted by Crippen LogP contribution is -2.59. The van der Waals surface area contributed by atoms with E-state index in [-0.39, 0.29) is 6.42 Å². The Morgan fingerprint density at radius 2 is 1.64 bits per heavy atom. The van der Waals surface area contributed by atoms with Crippen molar-refractivity contribution in [3.63, 3.8) is 0 Å². The van der Waals surface area contributed by atoms with Crippen molar-refractivity contribution in [1.29, 1.82) is 0 Å². The number of carboxylic acid groups (broad SMARTS) is 1. The van der Waals surface area contributed by atoms with Gasteiger partial charge in [0, 0.05) is 0 Å². The molecule has 0 aliphatic heterocycles. The molecule has 0 spiro atoms. The maximum Gasteiger partial charge on any atom is 0.406 e. The van der Waals surface area contributed by atoms with Gasteiger partial charge in [0.15, 0.2) is 4.08 Å². The van der Waals surface area contributed by atoms with Gasteiger partial charge in [0.2, 0.25) is 4.20 Å². The van der Waals surface area contributed by atoms with E-state index in [1.54, 1.807) is 0 Å². The zero-order chi connectivity index (χ0) is 17.2. The lowest BCUT2D eigenvalue weighted by molar-refractivity contribution is 0.191. The molecule has 132 valence electrons. The van der Waals surface area contributed by atoms with E-state index in [4.69, 9.17) is 5.11 Å².